The highest BCUT2D eigenvalue weighted by atomic mass is 16.6. The third-order valence-electron chi connectivity index (χ3n) is 6.16. The zero-order valence-corrected chi connectivity index (χ0v) is 22.2. The lowest BCUT2D eigenvalue weighted by atomic mass is 10.1. The minimum absolute atomic E-state index is 0.0318. The highest BCUT2D eigenvalue weighted by Crippen LogP contribution is 2.32. The van der Waals surface area contributed by atoms with Crippen LogP contribution in [0.15, 0.2) is 140 Å². The fourth-order valence-corrected chi connectivity index (χ4v) is 4.26. The van der Waals surface area contributed by atoms with Crippen molar-refractivity contribution in [1.29, 1.82) is 0 Å². The van der Waals surface area contributed by atoms with Crippen molar-refractivity contribution in [2.45, 2.75) is 6.92 Å². The molecule has 0 heterocycles. The first-order chi connectivity index (χ1) is 20.0. The maximum atomic E-state index is 13.6. The summed E-state index contributed by atoms with van der Waals surface area (Å²) < 4.78 is 11.5. The molecule has 0 fully saturated rings. The van der Waals surface area contributed by atoms with Gasteiger partial charge in [0.1, 0.15) is 11.5 Å². The van der Waals surface area contributed by atoms with E-state index < -0.39 is 12.2 Å². The Balaban J connectivity index is 1.46. The SMILES string of the molecule is CC(=O)c1ccc(OC(=O)N(c2ccccc2)c2ccccc2)cc1OC(=O)N(c1ccccc1)c1ccccc1. The standard InChI is InChI=1S/C34H26N2O5/c1-25(37)31-23-22-30(40-33(38)35(26-14-6-2-7-15-26)27-16-8-3-9-17-27)24-32(31)41-34(39)36(28-18-10-4-11-19-28)29-20-12-5-13-21-29/h2-24H,1H3. The van der Waals surface area contributed by atoms with Crippen LogP contribution < -0.4 is 19.3 Å². The third-order valence-corrected chi connectivity index (χ3v) is 6.16. The van der Waals surface area contributed by atoms with Crippen LogP contribution in [0.2, 0.25) is 0 Å². The van der Waals surface area contributed by atoms with Crippen LogP contribution in [-0.2, 0) is 0 Å². The molecule has 41 heavy (non-hydrogen) atoms. The summed E-state index contributed by atoms with van der Waals surface area (Å²) in [6.45, 7) is 1.37. The van der Waals surface area contributed by atoms with E-state index in [0.29, 0.717) is 22.7 Å². The average Bonchev–Trinajstić information content (AvgIpc) is 2.99. The van der Waals surface area contributed by atoms with Crippen LogP contribution in [0.25, 0.3) is 0 Å². The second kappa shape index (κ2) is 12.4. The van der Waals surface area contributed by atoms with E-state index in [1.807, 2.05) is 72.8 Å². The van der Waals surface area contributed by atoms with Gasteiger partial charge >= 0.3 is 12.2 Å². The summed E-state index contributed by atoms with van der Waals surface area (Å²) in [6, 6.07) is 40.5. The molecule has 0 saturated heterocycles. The van der Waals surface area contributed by atoms with Gasteiger partial charge in [-0.25, -0.2) is 19.4 Å². The van der Waals surface area contributed by atoms with Crippen molar-refractivity contribution in [3.05, 3.63) is 145 Å². The Bertz CT molecular complexity index is 1560. The molecule has 0 saturated carbocycles. The van der Waals surface area contributed by atoms with Crippen LogP contribution in [-0.4, -0.2) is 18.0 Å². The number of ether oxygens (including phenoxy) is 2. The molecule has 0 aromatic heterocycles. The van der Waals surface area contributed by atoms with Gasteiger partial charge in [0.15, 0.2) is 5.78 Å². The summed E-state index contributed by atoms with van der Waals surface area (Å²) in [5.41, 5.74) is 2.55. The Morgan fingerprint density at radius 1 is 0.488 bits per heavy atom. The molecule has 0 unspecified atom stereocenters. The molecule has 0 spiro atoms. The normalized spacial score (nSPS) is 10.4. The Morgan fingerprint density at radius 3 is 1.22 bits per heavy atom. The number of nitrogens with zero attached hydrogens (tertiary/aromatic N) is 2. The van der Waals surface area contributed by atoms with Crippen molar-refractivity contribution < 1.29 is 23.9 Å². The number of hydrogen-bond acceptors (Lipinski definition) is 5. The number of carbonyl (C=O) groups excluding carboxylic acids is 3. The topological polar surface area (TPSA) is 76.1 Å². The zero-order valence-electron chi connectivity index (χ0n) is 22.2. The first-order valence-electron chi connectivity index (χ1n) is 12.9. The van der Waals surface area contributed by atoms with Gasteiger partial charge in [0.05, 0.1) is 28.3 Å². The molecule has 0 N–H and O–H groups in total. The number of rotatable bonds is 7. The first kappa shape index (κ1) is 26.9. The fourth-order valence-electron chi connectivity index (χ4n) is 4.26. The van der Waals surface area contributed by atoms with Crippen molar-refractivity contribution in [2.75, 3.05) is 9.80 Å². The van der Waals surface area contributed by atoms with Crippen LogP contribution in [0.5, 0.6) is 11.5 Å². The highest BCUT2D eigenvalue weighted by Gasteiger charge is 2.24. The maximum Gasteiger partial charge on any atom is 0.424 e. The van der Waals surface area contributed by atoms with E-state index in [2.05, 4.69) is 0 Å². The van der Waals surface area contributed by atoms with Crippen LogP contribution in [0.4, 0.5) is 32.3 Å². The molecule has 7 heteroatoms. The van der Waals surface area contributed by atoms with Crippen LogP contribution in [0, 0.1) is 0 Å². The van der Waals surface area contributed by atoms with Crippen molar-refractivity contribution in [3.8, 4) is 11.5 Å². The Kier molecular flexibility index (Phi) is 8.16. The summed E-state index contributed by atoms with van der Waals surface area (Å²) >= 11 is 0. The van der Waals surface area contributed by atoms with E-state index in [-0.39, 0.29) is 22.8 Å². The van der Waals surface area contributed by atoms with Crippen molar-refractivity contribution in [3.63, 3.8) is 0 Å². The van der Waals surface area contributed by atoms with Gasteiger partial charge in [-0.2, -0.15) is 0 Å². The van der Waals surface area contributed by atoms with Gasteiger partial charge in [-0.3, -0.25) is 4.79 Å². The van der Waals surface area contributed by atoms with Gasteiger partial charge in [-0.1, -0.05) is 72.8 Å². The van der Waals surface area contributed by atoms with Gasteiger partial charge in [0.2, 0.25) is 0 Å². The predicted molar refractivity (Wildman–Crippen MR) is 159 cm³/mol. The predicted octanol–water partition coefficient (Wildman–Crippen LogP) is 8.56. The van der Waals surface area contributed by atoms with Crippen LogP contribution >= 0.6 is 0 Å². The minimum Gasteiger partial charge on any atom is -0.410 e. The molecule has 7 nitrogen and oxygen atoms in total. The highest BCUT2D eigenvalue weighted by molar-refractivity contribution is 6.01. The lowest BCUT2D eigenvalue weighted by molar-refractivity contribution is 0.101. The molecule has 5 aromatic carbocycles. The van der Waals surface area contributed by atoms with E-state index in [4.69, 9.17) is 9.47 Å². The summed E-state index contributed by atoms with van der Waals surface area (Å²) in [5.74, 6) is -0.242. The monoisotopic (exact) mass is 542 g/mol. The molecular weight excluding hydrogens is 516 g/mol. The van der Waals surface area contributed by atoms with E-state index in [0.717, 1.165) is 0 Å². The maximum absolute atomic E-state index is 13.6. The smallest absolute Gasteiger partial charge is 0.410 e. The van der Waals surface area contributed by atoms with Crippen LogP contribution in [0.1, 0.15) is 17.3 Å². The molecule has 0 aliphatic rings. The number of para-hydroxylation sites is 4. The molecule has 2 amide bonds. The molecule has 0 aliphatic heterocycles. The number of benzene rings is 5. The summed E-state index contributed by atoms with van der Waals surface area (Å²) in [4.78, 5) is 42.3. The zero-order chi connectivity index (χ0) is 28.6. The number of carbonyl (C=O) groups is 3. The minimum atomic E-state index is -0.733. The summed E-state index contributed by atoms with van der Waals surface area (Å²) in [5, 5.41) is 0. The Morgan fingerprint density at radius 2 is 0.854 bits per heavy atom. The van der Waals surface area contributed by atoms with Crippen LogP contribution in [0.3, 0.4) is 0 Å². The Hall–Kier alpha value is -5.69. The van der Waals surface area contributed by atoms with Crippen molar-refractivity contribution in [1.82, 2.24) is 0 Å². The van der Waals surface area contributed by atoms with Gasteiger partial charge in [0, 0.05) is 6.07 Å². The largest absolute Gasteiger partial charge is 0.424 e. The van der Waals surface area contributed by atoms with E-state index >= 15 is 0 Å². The third kappa shape index (κ3) is 6.32. The quantitative estimate of drug-likeness (QED) is 0.193. The summed E-state index contributed by atoms with van der Waals surface area (Å²) in [6.07, 6.45) is -1.41. The average molecular weight is 543 g/mol. The summed E-state index contributed by atoms with van der Waals surface area (Å²) in [7, 11) is 0. The number of hydrogen-bond donors (Lipinski definition) is 0. The van der Waals surface area contributed by atoms with E-state index in [9.17, 15) is 14.4 Å². The van der Waals surface area contributed by atoms with Gasteiger partial charge < -0.3 is 9.47 Å². The van der Waals surface area contributed by atoms with Gasteiger partial charge in [-0.15, -0.1) is 0 Å². The van der Waals surface area contributed by atoms with Gasteiger partial charge in [-0.05, 0) is 67.6 Å². The first-order valence-corrected chi connectivity index (χ1v) is 12.9. The van der Waals surface area contributed by atoms with E-state index in [1.165, 1.54) is 34.9 Å². The molecule has 0 radical (unpaired) electrons. The fraction of sp³-hybridized carbons (Fsp3) is 0.0294. The van der Waals surface area contributed by atoms with E-state index in [1.54, 1.807) is 48.5 Å². The molecule has 5 aromatic rings. The second-order valence-corrected chi connectivity index (χ2v) is 8.96. The molecule has 0 bridgehead atoms. The number of Topliss-reactive ketones (excluding diaryl/α,β-unsaturated/α-hetero) is 1. The molecule has 0 atom stereocenters. The second-order valence-electron chi connectivity index (χ2n) is 8.96. The number of amides is 2. The number of anilines is 4. The molecule has 5 rings (SSSR count). The molecular formula is C34H26N2O5. The Labute approximate surface area is 237 Å². The van der Waals surface area contributed by atoms with Gasteiger partial charge in [0.25, 0.3) is 0 Å². The molecule has 0 aliphatic carbocycles. The number of ketones is 1. The lowest BCUT2D eigenvalue weighted by Gasteiger charge is -2.23. The lowest BCUT2D eigenvalue weighted by Crippen LogP contribution is -2.30. The van der Waals surface area contributed by atoms with Crippen molar-refractivity contribution >= 4 is 40.7 Å². The van der Waals surface area contributed by atoms with Crippen molar-refractivity contribution in [2.24, 2.45) is 0 Å². The molecule has 202 valence electrons.